The molecule has 0 aromatic heterocycles. The van der Waals surface area contributed by atoms with E-state index in [-0.39, 0.29) is 16.7 Å². The molecule has 3 nitrogen and oxygen atoms in total. The Morgan fingerprint density at radius 1 is 1.47 bits per heavy atom. The predicted octanol–water partition coefficient (Wildman–Crippen LogP) is 3.37. The summed E-state index contributed by atoms with van der Waals surface area (Å²) < 4.78 is 13.6. The first kappa shape index (κ1) is 13.5. The number of rotatable bonds is 5. The average molecular weight is 239 g/mol. The van der Waals surface area contributed by atoms with Crippen LogP contribution in [0, 0.1) is 11.2 Å². The maximum Gasteiger partial charge on any atom is 0.337 e. The zero-order valence-corrected chi connectivity index (χ0v) is 10.4. The lowest BCUT2D eigenvalue weighted by Gasteiger charge is -2.24. The third-order valence-electron chi connectivity index (χ3n) is 2.94. The zero-order chi connectivity index (χ0) is 13.1. The first-order valence-electron chi connectivity index (χ1n) is 5.63. The molecule has 1 rings (SSSR count). The Morgan fingerprint density at radius 3 is 2.65 bits per heavy atom. The number of benzene rings is 1. The van der Waals surface area contributed by atoms with E-state index in [0.29, 0.717) is 6.54 Å². The molecule has 2 N–H and O–H groups in total. The van der Waals surface area contributed by atoms with Crippen molar-refractivity contribution in [3.05, 3.63) is 29.6 Å². The molecule has 0 aliphatic rings. The van der Waals surface area contributed by atoms with Crippen LogP contribution in [-0.2, 0) is 0 Å². The molecule has 1 aromatic carbocycles. The molecule has 0 saturated heterocycles. The maximum atomic E-state index is 13.6. The van der Waals surface area contributed by atoms with E-state index in [4.69, 9.17) is 5.11 Å². The molecule has 0 radical (unpaired) electrons. The molecule has 0 fully saturated rings. The van der Waals surface area contributed by atoms with Gasteiger partial charge < -0.3 is 10.4 Å². The summed E-state index contributed by atoms with van der Waals surface area (Å²) in [6.07, 6.45) is 0.927. The van der Waals surface area contributed by atoms with Crippen LogP contribution in [0.3, 0.4) is 0 Å². The largest absolute Gasteiger partial charge is 0.478 e. The highest BCUT2D eigenvalue weighted by Gasteiger charge is 2.18. The Hall–Kier alpha value is -1.58. The summed E-state index contributed by atoms with van der Waals surface area (Å²) in [6.45, 7) is 6.66. The van der Waals surface area contributed by atoms with Gasteiger partial charge in [0, 0.05) is 6.54 Å². The molecule has 4 heteroatoms. The van der Waals surface area contributed by atoms with E-state index >= 15 is 0 Å². The van der Waals surface area contributed by atoms with Crippen LogP contribution in [0.4, 0.5) is 10.1 Å². The molecule has 0 heterocycles. The Balaban J connectivity index is 2.94. The van der Waals surface area contributed by atoms with Crippen LogP contribution in [0.15, 0.2) is 18.2 Å². The van der Waals surface area contributed by atoms with Crippen molar-refractivity contribution in [2.24, 2.45) is 5.41 Å². The van der Waals surface area contributed by atoms with Crippen molar-refractivity contribution in [1.29, 1.82) is 0 Å². The van der Waals surface area contributed by atoms with Gasteiger partial charge in [0.05, 0.1) is 11.3 Å². The molecular weight excluding hydrogens is 221 g/mol. The van der Waals surface area contributed by atoms with Crippen molar-refractivity contribution in [1.82, 2.24) is 0 Å². The normalized spacial score (nSPS) is 11.3. The number of nitrogens with one attached hydrogen (secondary N) is 1. The fourth-order valence-corrected chi connectivity index (χ4v) is 1.33. The van der Waals surface area contributed by atoms with E-state index in [1.807, 2.05) is 20.8 Å². The van der Waals surface area contributed by atoms with Gasteiger partial charge in [-0.15, -0.1) is 0 Å². The number of anilines is 1. The van der Waals surface area contributed by atoms with Gasteiger partial charge in [0.15, 0.2) is 0 Å². The number of carbonyl (C=O) groups is 1. The summed E-state index contributed by atoms with van der Waals surface area (Å²) in [4.78, 5) is 11.0. The summed E-state index contributed by atoms with van der Waals surface area (Å²) in [5.74, 6) is -1.65. The van der Waals surface area contributed by atoms with Crippen molar-refractivity contribution in [2.75, 3.05) is 11.9 Å². The number of para-hydroxylation sites is 1. The van der Waals surface area contributed by atoms with Crippen LogP contribution < -0.4 is 5.32 Å². The second-order valence-electron chi connectivity index (χ2n) is 4.84. The molecule has 0 atom stereocenters. The molecule has 0 amide bonds. The lowest BCUT2D eigenvalue weighted by atomic mass is 9.90. The van der Waals surface area contributed by atoms with Crippen molar-refractivity contribution in [3.8, 4) is 0 Å². The highest BCUT2D eigenvalue weighted by Crippen LogP contribution is 2.24. The summed E-state index contributed by atoms with van der Waals surface area (Å²) in [5, 5.41) is 11.9. The summed E-state index contributed by atoms with van der Waals surface area (Å²) >= 11 is 0. The van der Waals surface area contributed by atoms with E-state index < -0.39 is 11.8 Å². The molecule has 0 aliphatic heterocycles. The smallest absolute Gasteiger partial charge is 0.337 e. The Labute approximate surface area is 101 Å². The molecule has 0 bridgehead atoms. The first-order chi connectivity index (χ1) is 7.87. The Kier molecular flexibility index (Phi) is 4.10. The number of hydrogen-bond donors (Lipinski definition) is 2. The van der Waals surface area contributed by atoms with Gasteiger partial charge in [-0.3, -0.25) is 0 Å². The second-order valence-corrected chi connectivity index (χ2v) is 4.84. The van der Waals surface area contributed by atoms with Gasteiger partial charge in [0.2, 0.25) is 0 Å². The third kappa shape index (κ3) is 3.44. The molecule has 1 aromatic rings. The van der Waals surface area contributed by atoms with Crippen LogP contribution in [0.2, 0.25) is 0 Å². The van der Waals surface area contributed by atoms with Gasteiger partial charge >= 0.3 is 5.97 Å². The minimum Gasteiger partial charge on any atom is -0.478 e. The SMILES string of the molecule is CCC(C)(C)CNc1c(F)cccc1C(=O)O. The van der Waals surface area contributed by atoms with Gasteiger partial charge in [0.25, 0.3) is 0 Å². The van der Waals surface area contributed by atoms with Crippen LogP contribution in [-0.4, -0.2) is 17.6 Å². The van der Waals surface area contributed by atoms with E-state index in [9.17, 15) is 9.18 Å². The van der Waals surface area contributed by atoms with Crippen LogP contribution >= 0.6 is 0 Å². The van der Waals surface area contributed by atoms with E-state index in [2.05, 4.69) is 5.32 Å². The molecule has 0 aliphatic carbocycles. The quantitative estimate of drug-likeness (QED) is 0.828. The van der Waals surface area contributed by atoms with Crippen molar-refractivity contribution >= 4 is 11.7 Å². The summed E-state index contributed by atoms with van der Waals surface area (Å²) in [6, 6.07) is 4.05. The summed E-state index contributed by atoms with van der Waals surface area (Å²) in [5.41, 5.74) is 0.0383. The molecule has 0 spiro atoms. The molecule has 0 unspecified atom stereocenters. The van der Waals surface area contributed by atoms with Gasteiger partial charge in [-0.2, -0.15) is 0 Å². The highest BCUT2D eigenvalue weighted by atomic mass is 19.1. The number of carboxylic acid groups (broad SMARTS) is 1. The van der Waals surface area contributed by atoms with E-state index in [1.54, 1.807) is 0 Å². The van der Waals surface area contributed by atoms with Gasteiger partial charge in [-0.05, 0) is 24.0 Å². The second kappa shape index (κ2) is 5.17. The highest BCUT2D eigenvalue weighted by molar-refractivity contribution is 5.94. The fourth-order valence-electron chi connectivity index (χ4n) is 1.33. The van der Waals surface area contributed by atoms with Crippen molar-refractivity contribution in [2.45, 2.75) is 27.2 Å². The molecule has 94 valence electrons. The lowest BCUT2D eigenvalue weighted by molar-refractivity contribution is 0.0697. The zero-order valence-electron chi connectivity index (χ0n) is 10.4. The summed E-state index contributed by atoms with van der Waals surface area (Å²) in [7, 11) is 0. The number of carboxylic acids is 1. The van der Waals surface area contributed by atoms with Crippen molar-refractivity contribution in [3.63, 3.8) is 0 Å². The van der Waals surface area contributed by atoms with Crippen LogP contribution in [0.25, 0.3) is 0 Å². The maximum absolute atomic E-state index is 13.6. The predicted molar refractivity (Wildman–Crippen MR) is 65.9 cm³/mol. The van der Waals surface area contributed by atoms with Crippen molar-refractivity contribution < 1.29 is 14.3 Å². The van der Waals surface area contributed by atoms with E-state index in [0.717, 1.165) is 6.42 Å². The van der Waals surface area contributed by atoms with Gasteiger partial charge in [-0.1, -0.05) is 26.8 Å². The first-order valence-corrected chi connectivity index (χ1v) is 5.63. The Bertz CT molecular complexity index is 416. The average Bonchev–Trinajstić information content (AvgIpc) is 2.27. The number of hydrogen-bond acceptors (Lipinski definition) is 2. The third-order valence-corrected chi connectivity index (χ3v) is 2.94. The minimum absolute atomic E-state index is 0.00193. The molecular formula is C13H18FNO2. The van der Waals surface area contributed by atoms with Gasteiger partial charge in [0.1, 0.15) is 5.82 Å². The van der Waals surface area contributed by atoms with Crippen LogP contribution in [0.1, 0.15) is 37.6 Å². The van der Waals surface area contributed by atoms with Crippen LogP contribution in [0.5, 0.6) is 0 Å². The number of halogens is 1. The minimum atomic E-state index is -1.12. The fraction of sp³-hybridized carbons (Fsp3) is 0.462. The monoisotopic (exact) mass is 239 g/mol. The molecule has 17 heavy (non-hydrogen) atoms. The van der Waals surface area contributed by atoms with E-state index in [1.165, 1.54) is 18.2 Å². The standard InChI is InChI=1S/C13H18FNO2/c1-4-13(2,3)8-15-11-9(12(16)17)6-5-7-10(11)14/h5-7,15H,4,8H2,1-3H3,(H,16,17). The Morgan fingerprint density at radius 2 is 2.12 bits per heavy atom. The lowest BCUT2D eigenvalue weighted by Crippen LogP contribution is -2.23. The topological polar surface area (TPSA) is 49.3 Å². The number of aromatic carboxylic acids is 1. The van der Waals surface area contributed by atoms with Gasteiger partial charge in [-0.25, -0.2) is 9.18 Å². The molecule has 0 saturated carbocycles.